The zero-order valence-corrected chi connectivity index (χ0v) is 20.4. The van der Waals surface area contributed by atoms with Crippen LogP contribution >= 0.6 is 0 Å². The molecule has 0 unspecified atom stereocenters. The fraction of sp³-hybridized carbons (Fsp3) is 0.455. The van der Waals surface area contributed by atoms with Crippen LogP contribution in [0.3, 0.4) is 0 Å². The monoisotopic (exact) mass is 486 g/mol. The second-order valence-corrected chi connectivity index (χ2v) is 15.3. The first kappa shape index (κ1) is 21.4. The average Bonchev–Trinajstić information content (AvgIpc) is 2.49. The number of phenols is 2. The predicted octanol–water partition coefficient (Wildman–Crippen LogP) is 3.58. The van der Waals surface area contributed by atoms with Crippen molar-refractivity contribution in [2.75, 3.05) is 0 Å². The van der Waals surface area contributed by atoms with Gasteiger partial charge in [0, 0.05) is 0 Å². The average molecular weight is 484 g/mol. The summed E-state index contributed by atoms with van der Waals surface area (Å²) in [5.74, 6) is 0.861. The second-order valence-electron chi connectivity index (χ2n) is 8.94. The van der Waals surface area contributed by atoms with Crippen molar-refractivity contribution in [3.63, 3.8) is 0 Å². The summed E-state index contributed by atoms with van der Waals surface area (Å²) in [6, 6.07) is 8.62. The molecule has 2 N–H and O–H groups in total. The number of hydrogen-bond donors (Lipinski definition) is 2. The minimum atomic E-state index is -0.0670. The molecule has 0 atom stereocenters. The molecule has 0 saturated heterocycles. The van der Waals surface area contributed by atoms with E-state index in [2.05, 4.69) is 65.8 Å². The van der Waals surface area contributed by atoms with Gasteiger partial charge in [-0.15, -0.1) is 0 Å². The van der Waals surface area contributed by atoms with Gasteiger partial charge in [0.2, 0.25) is 0 Å². The van der Waals surface area contributed by atoms with Gasteiger partial charge in [0.15, 0.2) is 0 Å². The summed E-state index contributed by atoms with van der Waals surface area (Å²) in [5, 5.41) is 20.8. The molecule has 0 saturated carbocycles. The third-order valence-corrected chi connectivity index (χ3v) is 11.5. The molecule has 2 rings (SSSR count). The van der Waals surface area contributed by atoms with Crippen LogP contribution < -0.4 is 8.92 Å². The number of benzene rings is 2. The van der Waals surface area contributed by atoms with Gasteiger partial charge >= 0.3 is 170 Å². The number of hydrogen-bond acceptors (Lipinski definition) is 2. The fourth-order valence-electron chi connectivity index (χ4n) is 2.83. The van der Waals surface area contributed by atoms with Gasteiger partial charge in [-0.25, -0.2) is 0 Å². The first-order chi connectivity index (χ1) is 11.8. The summed E-state index contributed by atoms with van der Waals surface area (Å²) >= 11 is 0.675. The molecular formula is C22H30O2Se2. The van der Waals surface area contributed by atoms with E-state index in [9.17, 15) is 10.2 Å². The van der Waals surface area contributed by atoms with Crippen molar-refractivity contribution >= 4 is 35.2 Å². The van der Waals surface area contributed by atoms with Gasteiger partial charge in [0.05, 0.1) is 0 Å². The third-order valence-electron chi connectivity index (χ3n) is 4.40. The normalized spacial score (nSPS) is 12.5. The summed E-state index contributed by atoms with van der Waals surface area (Å²) in [6.45, 7) is 16.8. The van der Waals surface area contributed by atoms with E-state index < -0.39 is 0 Å². The Morgan fingerprint density at radius 1 is 0.615 bits per heavy atom. The van der Waals surface area contributed by atoms with Crippen LogP contribution in [0.15, 0.2) is 24.3 Å². The van der Waals surface area contributed by atoms with E-state index in [-0.39, 0.29) is 10.8 Å². The molecule has 0 aliphatic rings. The van der Waals surface area contributed by atoms with Crippen molar-refractivity contribution in [1.29, 1.82) is 0 Å². The van der Waals surface area contributed by atoms with Crippen molar-refractivity contribution in [2.45, 2.75) is 66.2 Å². The van der Waals surface area contributed by atoms with E-state index in [1.807, 2.05) is 13.8 Å². The summed E-state index contributed by atoms with van der Waals surface area (Å²) in [5.41, 5.74) is 3.85. The van der Waals surface area contributed by atoms with E-state index in [1.165, 1.54) is 8.92 Å². The van der Waals surface area contributed by atoms with E-state index in [4.69, 9.17) is 0 Å². The summed E-state index contributed by atoms with van der Waals surface area (Å²) in [6.07, 6.45) is 0. The SMILES string of the molecule is Cc1cc([Se][Se]c2cc(C)c(O)c(C(C)(C)C)c2)cc(C(C)(C)C)c1O. The van der Waals surface area contributed by atoms with E-state index >= 15 is 0 Å². The molecule has 0 aliphatic carbocycles. The molecule has 0 aliphatic heterocycles. The van der Waals surface area contributed by atoms with Gasteiger partial charge in [-0.05, 0) is 0 Å². The van der Waals surface area contributed by atoms with Crippen LogP contribution in [0.2, 0.25) is 0 Å². The Kier molecular flexibility index (Phi) is 6.25. The second kappa shape index (κ2) is 7.60. The summed E-state index contributed by atoms with van der Waals surface area (Å²) in [7, 11) is 0. The van der Waals surface area contributed by atoms with Crippen LogP contribution in [0.4, 0.5) is 0 Å². The molecule has 0 fully saturated rings. The molecule has 0 radical (unpaired) electrons. The Morgan fingerprint density at radius 3 is 1.19 bits per heavy atom. The first-order valence-electron chi connectivity index (χ1n) is 8.83. The molecule has 0 amide bonds. The zero-order chi connectivity index (χ0) is 19.9. The molecule has 0 aromatic heterocycles. The number of rotatable bonds is 3. The Labute approximate surface area is 169 Å². The van der Waals surface area contributed by atoms with Crippen LogP contribution in [-0.2, 0) is 10.8 Å². The molecule has 4 heteroatoms. The van der Waals surface area contributed by atoms with Crippen LogP contribution in [-0.4, -0.2) is 36.5 Å². The zero-order valence-electron chi connectivity index (χ0n) is 17.0. The van der Waals surface area contributed by atoms with Crippen LogP contribution in [0.25, 0.3) is 0 Å². The number of phenolic OH excluding ortho intramolecular Hbond substituents is 2. The predicted molar refractivity (Wildman–Crippen MR) is 114 cm³/mol. The Balaban J connectivity index is 2.33. The van der Waals surface area contributed by atoms with Gasteiger partial charge in [-0.2, -0.15) is 0 Å². The van der Waals surface area contributed by atoms with Gasteiger partial charge in [-0.1, -0.05) is 0 Å². The Morgan fingerprint density at radius 2 is 0.923 bits per heavy atom. The van der Waals surface area contributed by atoms with E-state index in [0.717, 1.165) is 22.3 Å². The van der Waals surface area contributed by atoms with Gasteiger partial charge in [0.25, 0.3) is 0 Å². The van der Waals surface area contributed by atoms with Crippen LogP contribution in [0.5, 0.6) is 11.5 Å². The molecule has 26 heavy (non-hydrogen) atoms. The van der Waals surface area contributed by atoms with Gasteiger partial charge in [-0.3, -0.25) is 0 Å². The molecule has 142 valence electrons. The minimum absolute atomic E-state index is 0.0670. The molecular weight excluding hydrogens is 454 g/mol. The Hall–Kier alpha value is -0.921. The molecule has 2 aromatic carbocycles. The summed E-state index contributed by atoms with van der Waals surface area (Å²) in [4.78, 5) is 0. The quantitative estimate of drug-likeness (QED) is 0.655. The van der Waals surface area contributed by atoms with Crippen molar-refractivity contribution in [3.8, 4) is 11.5 Å². The molecule has 0 bridgehead atoms. The van der Waals surface area contributed by atoms with Crippen molar-refractivity contribution in [3.05, 3.63) is 46.5 Å². The molecule has 2 nitrogen and oxygen atoms in total. The first-order valence-corrected chi connectivity index (χ1v) is 14.9. The Bertz CT molecular complexity index is 743. The van der Waals surface area contributed by atoms with Gasteiger partial charge < -0.3 is 0 Å². The van der Waals surface area contributed by atoms with E-state index in [0.29, 0.717) is 37.8 Å². The number of aromatic hydroxyl groups is 2. The molecule has 0 spiro atoms. The van der Waals surface area contributed by atoms with Crippen LogP contribution in [0, 0.1) is 13.8 Å². The van der Waals surface area contributed by atoms with Crippen molar-refractivity contribution < 1.29 is 10.2 Å². The maximum absolute atomic E-state index is 10.4. The van der Waals surface area contributed by atoms with Crippen molar-refractivity contribution in [2.24, 2.45) is 0 Å². The van der Waals surface area contributed by atoms with E-state index in [1.54, 1.807) is 0 Å². The van der Waals surface area contributed by atoms with Crippen LogP contribution in [0.1, 0.15) is 63.8 Å². The maximum atomic E-state index is 10.4. The third kappa shape index (κ3) is 4.87. The number of aryl methyl sites for hydroxylation is 2. The summed E-state index contributed by atoms with van der Waals surface area (Å²) < 4.78 is 2.67. The van der Waals surface area contributed by atoms with Gasteiger partial charge in [0.1, 0.15) is 0 Å². The standard InChI is InChI=1S/C22H30O2Se2/c1-13-9-15(11-17(19(13)23)21(3,4)5)25-26-16-10-14(2)20(24)18(12-16)22(6,7)8/h9-12,23-24H,1-8H3. The fourth-order valence-corrected chi connectivity index (χ4v) is 9.07. The topological polar surface area (TPSA) is 40.5 Å². The van der Waals surface area contributed by atoms with Crippen molar-refractivity contribution in [1.82, 2.24) is 0 Å². The molecule has 2 aromatic rings. The molecule has 0 heterocycles.